The van der Waals surface area contributed by atoms with Gasteiger partial charge in [0.25, 0.3) is 0 Å². The van der Waals surface area contributed by atoms with E-state index in [1.54, 1.807) is 0 Å². The minimum atomic E-state index is -1.12. The minimum absolute atomic E-state index is 0.251. The molecule has 1 aliphatic heterocycles. The first-order valence-corrected chi connectivity index (χ1v) is 5.95. The average Bonchev–Trinajstić information content (AvgIpc) is 2.19. The van der Waals surface area contributed by atoms with Crippen molar-refractivity contribution in [3.63, 3.8) is 0 Å². The third-order valence-electron chi connectivity index (χ3n) is 2.34. The summed E-state index contributed by atoms with van der Waals surface area (Å²) in [4.78, 5) is 0. The first-order chi connectivity index (χ1) is 7.08. The molecule has 0 aliphatic carbocycles. The average molecular weight is 248 g/mol. The molecule has 1 fully saturated rings. The molecule has 1 rings (SSSR count). The molecule has 0 aromatic heterocycles. The molecule has 1 aliphatic rings. The molecular weight excluding hydrogens is 232 g/mol. The summed E-state index contributed by atoms with van der Waals surface area (Å²) in [6.45, 7) is 2.82. The molecule has 1 heterocycles. The van der Waals surface area contributed by atoms with Gasteiger partial charge in [0.15, 0.2) is 10.1 Å². The summed E-state index contributed by atoms with van der Waals surface area (Å²) in [5, 5.41) is 11.0. The minimum Gasteiger partial charge on any atom is -0.483 e. The molecule has 15 heavy (non-hydrogen) atoms. The van der Waals surface area contributed by atoms with Crippen molar-refractivity contribution in [3.05, 3.63) is 0 Å². The van der Waals surface area contributed by atoms with Crippen molar-refractivity contribution < 1.29 is 14.6 Å². The van der Waals surface area contributed by atoms with E-state index in [0.717, 1.165) is 12.8 Å². The van der Waals surface area contributed by atoms with Crippen molar-refractivity contribution in [2.45, 2.75) is 38.2 Å². The van der Waals surface area contributed by atoms with Crippen LogP contribution in [0.4, 0.5) is 0 Å². The Morgan fingerprint density at radius 2 is 2.00 bits per heavy atom. The number of rotatable bonds is 3. The zero-order valence-electron chi connectivity index (χ0n) is 8.82. The fourth-order valence-electron chi connectivity index (χ4n) is 1.45. The topological polar surface area (TPSA) is 38.7 Å². The highest BCUT2D eigenvalue weighted by Gasteiger charge is 2.36. The smallest absolute Gasteiger partial charge is 0.192 e. The van der Waals surface area contributed by atoms with Gasteiger partial charge in [-0.05, 0) is 30.9 Å². The molecule has 0 saturated carbocycles. The quantitative estimate of drug-likeness (QED) is 0.773. The third kappa shape index (κ3) is 3.66. The van der Waals surface area contributed by atoms with E-state index in [0.29, 0.717) is 24.7 Å². The maximum Gasteiger partial charge on any atom is 0.192 e. The van der Waals surface area contributed by atoms with Gasteiger partial charge in [0.05, 0.1) is 6.42 Å². The van der Waals surface area contributed by atoms with Crippen LogP contribution in [0, 0.1) is 0 Å². The Morgan fingerprint density at radius 1 is 1.33 bits per heavy atom. The molecule has 0 aromatic rings. The Bertz CT molecular complexity index is 255. The lowest BCUT2D eigenvalue weighted by Gasteiger charge is -2.30. The summed E-state index contributed by atoms with van der Waals surface area (Å²) in [7, 11) is 0. The Labute approximate surface area is 101 Å². The zero-order valence-corrected chi connectivity index (χ0v) is 10.5. The van der Waals surface area contributed by atoms with E-state index in [1.807, 2.05) is 0 Å². The molecule has 86 valence electrons. The van der Waals surface area contributed by atoms with Crippen LogP contribution in [0.1, 0.15) is 32.6 Å². The SMILES string of the molecule is CCCCC1(O)CC(=S)OCCOC1=S. The standard InChI is InChI=1S/C10H16O3S2/c1-2-3-4-10(11)7-8(14)12-5-6-13-9(10)15/h11H,2-7H2,1H3. The second-order valence-corrected chi connectivity index (χ2v) is 4.49. The maximum absolute atomic E-state index is 10.3. The predicted molar refractivity (Wildman–Crippen MR) is 66.2 cm³/mol. The van der Waals surface area contributed by atoms with E-state index in [4.69, 9.17) is 33.9 Å². The molecule has 0 radical (unpaired) electrons. The summed E-state index contributed by atoms with van der Waals surface area (Å²) < 4.78 is 10.4. The number of hydrogen-bond donors (Lipinski definition) is 1. The zero-order chi connectivity index (χ0) is 11.3. The molecule has 1 N–H and O–H groups in total. The molecule has 5 heteroatoms. The van der Waals surface area contributed by atoms with Gasteiger partial charge in [-0.3, -0.25) is 0 Å². The summed E-state index contributed by atoms with van der Waals surface area (Å²) in [5.74, 6) is 0. The van der Waals surface area contributed by atoms with Crippen LogP contribution in [0.3, 0.4) is 0 Å². The van der Waals surface area contributed by atoms with Crippen molar-refractivity contribution in [1.29, 1.82) is 0 Å². The molecule has 0 spiro atoms. The normalized spacial score (nSPS) is 27.6. The van der Waals surface area contributed by atoms with Crippen molar-refractivity contribution >= 4 is 34.5 Å². The molecule has 0 amide bonds. The van der Waals surface area contributed by atoms with Crippen LogP contribution < -0.4 is 0 Å². The summed E-state index contributed by atoms with van der Waals surface area (Å²) in [5.41, 5.74) is -1.12. The van der Waals surface area contributed by atoms with Crippen LogP contribution in [-0.4, -0.2) is 34.0 Å². The lowest BCUT2D eigenvalue weighted by Crippen LogP contribution is -2.43. The van der Waals surface area contributed by atoms with Gasteiger partial charge in [-0.15, -0.1) is 0 Å². The highest BCUT2D eigenvalue weighted by molar-refractivity contribution is 7.80. The number of thiocarbonyl (C=S) groups is 2. The first kappa shape index (κ1) is 12.8. The lowest BCUT2D eigenvalue weighted by atomic mass is 9.94. The van der Waals surface area contributed by atoms with Crippen molar-refractivity contribution in [2.24, 2.45) is 0 Å². The van der Waals surface area contributed by atoms with Gasteiger partial charge >= 0.3 is 0 Å². The molecule has 0 bridgehead atoms. The third-order valence-corrected chi connectivity index (χ3v) is 3.10. The second kappa shape index (κ2) is 5.72. The molecular formula is C10H16O3S2. The Morgan fingerprint density at radius 3 is 2.67 bits per heavy atom. The van der Waals surface area contributed by atoms with Crippen LogP contribution >= 0.6 is 24.4 Å². The first-order valence-electron chi connectivity index (χ1n) is 5.14. The van der Waals surface area contributed by atoms with E-state index in [2.05, 4.69) is 6.92 Å². The number of ether oxygens (including phenoxy) is 2. The van der Waals surface area contributed by atoms with Gasteiger partial charge in [-0.25, -0.2) is 0 Å². The summed E-state index contributed by atoms with van der Waals surface area (Å²) in [6, 6.07) is 0. The maximum atomic E-state index is 10.3. The Kier molecular flexibility index (Phi) is 4.89. The van der Waals surface area contributed by atoms with Crippen molar-refractivity contribution in [2.75, 3.05) is 13.2 Å². The van der Waals surface area contributed by atoms with E-state index < -0.39 is 5.60 Å². The fourth-order valence-corrected chi connectivity index (χ4v) is 2.03. The van der Waals surface area contributed by atoms with Crippen LogP contribution in [0.5, 0.6) is 0 Å². The van der Waals surface area contributed by atoms with Crippen LogP contribution in [0.2, 0.25) is 0 Å². The van der Waals surface area contributed by atoms with Gasteiger partial charge in [0.2, 0.25) is 0 Å². The van der Waals surface area contributed by atoms with Crippen LogP contribution in [-0.2, 0) is 9.47 Å². The van der Waals surface area contributed by atoms with Gasteiger partial charge in [0, 0.05) is 0 Å². The molecule has 0 aromatic carbocycles. The molecule has 1 unspecified atom stereocenters. The van der Waals surface area contributed by atoms with Crippen molar-refractivity contribution in [1.82, 2.24) is 0 Å². The Balaban J connectivity index is 2.69. The lowest BCUT2D eigenvalue weighted by molar-refractivity contribution is 0.0574. The number of aliphatic hydroxyl groups is 1. The summed E-state index contributed by atoms with van der Waals surface area (Å²) >= 11 is 10.1. The molecule has 3 nitrogen and oxygen atoms in total. The highest BCUT2D eigenvalue weighted by atomic mass is 32.1. The molecule has 1 saturated heterocycles. The summed E-state index contributed by atoms with van der Waals surface area (Å²) in [6.07, 6.45) is 2.73. The monoisotopic (exact) mass is 248 g/mol. The Hall–Kier alpha value is -0.260. The van der Waals surface area contributed by atoms with E-state index in [1.165, 1.54) is 0 Å². The van der Waals surface area contributed by atoms with Crippen molar-refractivity contribution in [3.8, 4) is 0 Å². The highest BCUT2D eigenvalue weighted by Crippen LogP contribution is 2.24. The van der Waals surface area contributed by atoms with Crippen LogP contribution in [0.15, 0.2) is 0 Å². The van der Waals surface area contributed by atoms with Gasteiger partial charge in [-0.2, -0.15) is 0 Å². The second-order valence-electron chi connectivity index (χ2n) is 3.67. The van der Waals surface area contributed by atoms with Gasteiger partial charge < -0.3 is 14.6 Å². The van der Waals surface area contributed by atoms with E-state index >= 15 is 0 Å². The largest absolute Gasteiger partial charge is 0.483 e. The van der Waals surface area contributed by atoms with E-state index in [9.17, 15) is 5.11 Å². The number of unbranched alkanes of at least 4 members (excludes halogenated alkanes) is 1. The molecule has 1 atom stereocenters. The van der Waals surface area contributed by atoms with E-state index in [-0.39, 0.29) is 11.5 Å². The fraction of sp³-hybridized carbons (Fsp3) is 0.800. The van der Waals surface area contributed by atoms with Gasteiger partial charge in [0.1, 0.15) is 18.8 Å². The van der Waals surface area contributed by atoms with Crippen LogP contribution in [0.25, 0.3) is 0 Å². The van der Waals surface area contributed by atoms with Gasteiger partial charge in [-0.1, -0.05) is 19.8 Å². The number of hydrogen-bond acceptors (Lipinski definition) is 5. The predicted octanol–water partition coefficient (Wildman–Crippen LogP) is 2.00.